The second-order valence-corrected chi connectivity index (χ2v) is 9.81. The topological polar surface area (TPSA) is 65.5 Å². The molecule has 0 atom stereocenters. The summed E-state index contributed by atoms with van der Waals surface area (Å²) in [5.74, 6) is -0.864. The largest absolute Gasteiger partial charge is 0.351 e. The van der Waals surface area contributed by atoms with Crippen molar-refractivity contribution in [1.82, 2.24) is 24.8 Å². The van der Waals surface area contributed by atoms with Gasteiger partial charge in [0.1, 0.15) is 17.3 Å². The van der Waals surface area contributed by atoms with E-state index < -0.39 is 11.6 Å². The van der Waals surface area contributed by atoms with Gasteiger partial charge < -0.3 is 9.80 Å². The van der Waals surface area contributed by atoms with Gasteiger partial charge in [-0.1, -0.05) is 17.7 Å². The number of pyridine rings is 1. The van der Waals surface area contributed by atoms with Gasteiger partial charge in [-0.3, -0.25) is 19.7 Å². The zero-order chi connectivity index (χ0) is 25.8. The van der Waals surface area contributed by atoms with Crippen LogP contribution in [0.5, 0.6) is 0 Å². The maximum Gasteiger partial charge on any atom is 0.274 e. The SMILES string of the molecule is O=C(c1cnc2c(n1)N(Cc1c(F)ccc(F)c1Cl)CCCC2)N1CCN(CCc2ccccn2)CC1. The van der Waals surface area contributed by atoms with Gasteiger partial charge in [0.2, 0.25) is 0 Å². The Morgan fingerprint density at radius 2 is 1.78 bits per heavy atom. The second kappa shape index (κ2) is 11.5. The molecule has 0 radical (unpaired) electrons. The fourth-order valence-corrected chi connectivity index (χ4v) is 5.06. The monoisotopic (exact) mass is 526 g/mol. The molecule has 0 saturated carbocycles. The summed E-state index contributed by atoms with van der Waals surface area (Å²) in [5, 5.41) is -0.230. The van der Waals surface area contributed by atoms with E-state index in [0.29, 0.717) is 31.9 Å². The first kappa shape index (κ1) is 25.5. The van der Waals surface area contributed by atoms with E-state index in [-0.39, 0.29) is 28.7 Å². The molecular weight excluding hydrogens is 498 g/mol. The quantitative estimate of drug-likeness (QED) is 0.450. The summed E-state index contributed by atoms with van der Waals surface area (Å²) in [6, 6.07) is 8.03. The minimum atomic E-state index is -0.665. The second-order valence-electron chi connectivity index (χ2n) is 9.43. The Kier molecular flexibility index (Phi) is 7.90. The van der Waals surface area contributed by atoms with E-state index in [1.807, 2.05) is 23.1 Å². The van der Waals surface area contributed by atoms with Crippen LogP contribution in [-0.4, -0.2) is 69.9 Å². The van der Waals surface area contributed by atoms with Gasteiger partial charge in [-0.2, -0.15) is 0 Å². The minimum Gasteiger partial charge on any atom is -0.351 e. The number of carbonyl (C=O) groups excluding carboxylic acids is 1. The number of benzene rings is 1. The summed E-state index contributed by atoms with van der Waals surface area (Å²) in [6.07, 6.45) is 6.66. The Morgan fingerprint density at radius 1 is 0.973 bits per heavy atom. The number of amides is 1. The lowest BCUT2D eigenvalue weighted by molar-refractivity contribution is 0.0632. The Labute approximate surface area is 220 Å². The van der Waals surface area contributed by atoms with Crippen LogP contribution in [0.4, 0.5) is 14.6 Å². The van der Waals surface area contributed by atoms with E-state index in [9.17, 15) is 13.6 Å². The van der Waals surface area contributed by atoms with Crippen molar-refractivity contribution >= 4 is 23.3 Å². The highest BCUT2D eigenvalue weighted by molar-refractivity contribution is 6.31. The molecule has 2 aliphatic heterocycles. The van der Waals surface area contributed by atoms with Crippen LogP contribution in [0.3, 0.4) is 0 Å². The number of piperazine rings is 1. The fraction of sp³-hybridized carbons (Fsp3) is 0.407. The molecule has 4 heterocycles. The maximum atomic E-state index is 14.5. The highest BCUT2D eigenvalue weighted by Gasteiger charge is 2.27. The maximum absolute atomic E-state index is 14.5. The van der Waals surface area contributed by atoms with Crippen LogP contribution in [0, 0.1) is 11.6 Å². The molecule has 2 aromatic heterocycles. The van der Waals surface area contributed by atoms with Crippen molar-refractivity contribution in [3.63, 3.8) is 0 Å². The van der Waals surface area contributed by atoms with E-state index in [0.717, 1.165) is 62.4 Å². The number of rotatable bonds is 6. The van der Waals surface area contributed by atoms with Gasteiger partial charge in [-0.15, -0.1) is 0 Å². The number of fused-ring (bicyclic) bond motifs is 1. The van der Waals surface area contributed by atoms with Gasteiger partial charge >= 0.3 is 0 Å². The summed E-state index contributed by atoms with van der Waals surface area (Å²) in [5.41, 5.74) is 2.15. The number of carbonyl (C=O) groups is 1. The minimum absolute atomic E-state index is 0.0523. The molecule has 10 heteroatoms. The zero-order valence-electron chi connectivity index (χ0n) is 20.5. The van der Waals surface area contributed by atoms with Crippen molar-refractivity contribution in [2.24, 2.45) is 0 Å². The van der Waals surface area contributed by atoms with Crippen molar-refractivity contribution < 1.29 is 13.6 Å². The van der Waals surface area contributed by atoms with Crippen LogP contribution in [0.2, 0.25) is 5.02 Å². The molecule has 3 aromatic rings. The molecule has 0 aliphatic carbocycles. The average Bonchev–Trinajstić information content (AvgIpc) is 3.14. The van der Waals surface area contributed by atoms with E-state index in [2.05, 4.69) is 14.9 Å². The lowest BCUT2D eigenvalue weighted by Gasteiger charge is -2.34. The third-order valence-electron chi connectivity index (χ3n) is 7.00. The predicted molar refractivity (Wildman–Crippen MR) is 138 cm³/mol. The number of nitrogens with zero attached hydrogens (tertiary/aromatic N) is 6. The van der Waals surface area contributed by atoms with Crippen LogP contribution in [-0.2, 0) is 19.4 Å². The molecule has 2 aliphatic rings. The number of hydrogen-bond donors (Lipinski definition) is 0. The molecule has 0 N–H and O–H groups in total. The van der Waals surface area contributed by atoms with Gasteiger partial charge in [0, 0.05) is 69.7 Å². The highest BCUT2D eigenvalue weighted by Crippen LogP contribution is 2.29. The molecule has 7 nitrogen and oxygen atoms in total. The van der Waals surface area contributed by atoms with Crippen LogP contribution in [0.1, 0.15) is 40.3 Å². The first-order valence-electron chi connectivity index (χ1n) is 12.6. The third kappa shape index (κ3) is 5.88. The number of aryl methyl sites for hydroxylation is 1. The smallest absolute Gasteiger partial charge is 0.274 e. The molecule has 1 amide bonds. The standard InChI is InChI=1S/C27H29ClF2N6O/c28-25-20(21(29)7-8-22(25)30)18-36-11-4-2-6-23-26(36)33-24(17-32-23)27(37)35-15-13-34(14-16-35)12-9-19-5-1-3-10-31-19/h1,3,5,7-8,10,17H,2,4,6,9,11-16,18H2. The van der Waals surface area contributed by atoms with E-state index >= 15 is 0 Å². The van der Waals surface area contributed by atoms with Crippen molar-refractivity contribution in [3.05, 3.63) is 82.0 Å². The highest BCUT2D eigenvalue weighted by atomic mass is 35.5. The predicted octanol–water partition coefficient (Wildman–Crippen LogP) is 4.15. The summed E-state index contributed by atoms with van der Waals surface area (Å²) >= 11 is 6.09. The summed E-state index contributed by atoms with van der Waals surface area (Å²) < 4.78 is 28.5. The Balaban J connectivity index is 1.27. The van der Waals surface area contributed by atoms with Gasteiger partial charge in [0.15, 0.2) is 5.82 Å². The zero-order valence-corrected chi connectivity index (χ0v) is 21.3. The lowest BCUT2D eigenvalue weighted by Crippen LogP contribution is -2.49. The molecule has 0 spiro atoms. The fourth-order valence-electron chi connectivity index (χ4n) is 4.85. The van der Waals surface area contributed by atoms with Crippen molar-refractivity contribution in [1.29, 1.82) is 0 Å². The van der Waals surface area contributed by atoms with Crippen molar-refractivity contribution in [3.8, 4) is 0 Å². The van der Waals surface area contributed by atoms with Crippen LogP contribution in [0.25, 0.3) is 0 Å². The van der Waals surface area contributed by atoms with Gasteiger partial charge in [-0.25, -0.2) is 13.8 Å². The lowest BCUT2D eigenvalue weighted by atomic mass is 10.2. The van der Waals surface area contributed by atoms with Crippen molar-refractivity contribution in [2.75, 3.05) is 44.2 Å². The molecule has 0 unspecified atom stereocenters. The molecule has 194 valence electrons. The summed E-state index contributed by atoms with van der Waals surface area (Å²) in [7, 11) is 0. The van der Waals surface area contributed by atoms with Crippen LogP contribution < -0.4 is 4.90 Å². The van der Waals surface area contributed by atoms with E-state index in [1.54, 1.807) is 11.1 Å². The van der Waals surface area contributed by atoms with E-state index in [1.165, 1.54) is 6.20 Å². The Hall–Kier alpha value is -3.17. The number of hydrogen-bond acceptors (Lipinski definition) is 6. The molecule has 1 aromatic carbocycles. The molecular formula is C27H29ClF2N6O. The first-order valence-corrected chi connectivity index (χ1v) is 13.0. The summed E-state index contributed by atoms with van der Waals surface area (Å²) in [6.45, 7) is 4.30. The summed E-state index contributed by atoms with van der Waals surface area (Å²) in [4.78, 5) is 32.9. The molecule has 1 fully saturated rings. The average molecular weight is 527 g/mol. The number of anilines is 1. The van der Waals surface area contributed by atoms with Crippen molar-refractivity contribution in [2.45, 2.75) is 32.2 Å². The van der Waals surface area contributed by atoms with E-state index in [4.69, 9.17) is 16.6 Å². The normalized spacial score (nSPS) is 16.4. The molecule has 0 bridgehead atoms. The van der Waals surface area contributed by atoms with Gasteiger partial charge in [0.25, 0.3) is 5.91 Å². The van der Waals surface area contributed by atoms with Gasteiger partial charge in [-0.05, 0) is 43.5 Å². The molecule has 5 rings (SSSR count). The molecule has 1 saturated heterocycles. The number of aromatic nitrogens is 3. The van der Waals surface area contributed by atoms with Gasteiger partial charge in [0.05, 0.1) is 16.9 Å². The third-order valence-corrected chi connectivity index (χ3v) is 7.40. The first-order chi connectivity index (χ1) is 18.0. The van der Waals surface area contributed by atoms with Crippen LogP contribution in [0.15, 0.2) is 42.7 Å². The number of halogens is 3. The Bertz CT molecular complexity index is 1250. The Morgan fingerprint density at radius 3 is 2.57 bits per heavy atom. The molecule has 37 heavy (non-hydrogen) atoms. The van der Waals surface area contributed by atoms with Crippen LogP contribution >= 0.6 is 11.6 Å².